The van der Waals surface area contributed by atoms with Crippen LogP contribution in [0.25, 0.3) is 11.4 Å². The van der Waals surface area contributed by atoms with Gasteiger partial charge in [-0.3, -0.25) is 4.79 Å². The van der Waals surface area contributed by atoms with E-state index in [1.165, 1.54) is 11.1 Å². The average Bonchev–Trinajstić information content (AvgIpc) is 2.67. The van der Waals surface area contributed by atoms with Gasteiger partial charge in [0.15, 0.2) is 5.82 Å². The molecule has 3 rings (SSSR count). The number of carbonyl (C=O) groups is 1. The van der Waals surface area contributed by atoms with Gasteiger partial charge in [-0.05, 0) is 20.3 Å². The molecule has 0 saturated carbocycles. The maximum atomic E-state index is 12.6. The smallest absolute Gasteiger partial charge is 0.228 e. The van der Waals surface area contributed by atoms with Crippen LogP contribution in [0.3, 0.4) is 0 Å². The largest absolute Gasteiger partial charge is 0.353 e. The summed E-state index contributed by atoms with van der Waals surface area (Å²) in [5, 5.41) is 0. The number of aryl methyl sites for hydroxylation is 2. The standard InChI is InChI=1S/C23H32N4O/c1-7-19-17(3)24-20(18-10-8-16(2)9-11-18)25-21(19)26-12-14-27(15-13-26)22(28)23(4,5)6/h8-11H,7,12-15H2,1-6H3. The third kappa shape index (κ3) is 4.18. The first-order valence-corrected chi connectivity index (χ1v) is 10.2. The molecule has 2 aromatic rings. The Morgan fingerprint density at radius 2 is 1.61 bits per heavy atom. The molecule has 150 valence electrons. The molecule has 5 nitrogen and oxygen atoms in total. The summed E-state index contributed by atoms with van der Waals surface area (Å²) in [6.07, 6.45) is 0.899. The number of hydrogen-bond acceptors (Lipinski definition) is 4. The summed E-state index contributed by atoms with van der Waals surface area (Å²) in [6.45, 7) is 15.3. The summed E-state index contributed by atoms with van der Waals surface area (Å²) in [5.74, 6) is 2.02. The molecule has 1 aliphatic heterocycles. The number of carbonyl (C=O) groups excluding carboxylic acids is 1. The van der Waals surface area contributed by atoms with E-state index in [1.807, 2.05) is 25.7 Å². The van der Waals surface area contributed by atoms with E-state index in [1.54, 1.807) is 0 Å². The van der Waals surface area contributed by atoms with Crippen LogP contribution in [0.15, 0.2) is 24.3 Å². The van der Waals surface area contributed by atoms with Crippen molar-refractivity contribution in [3.05, 3.63) is 41.1 Å². The second-order valence-corrected chi connectivity index (χ2v) is 8.68. The second-order valence-electron chi connectivity index (χ2n) is 8.68. The minimum Gasteiger partial charge on any atom is -0.353 e. The number of aromatic nitrogens is 2. The fourth-order valence-electron chi connectivity index (χ4n) is 3.68. The molecule has 0 bridgehead atoms. The van der Waals surface area contributed by atoms with Gasteiger partial charge in [-0.15, -0.1) is 0 Å². The molecular weight excluding hydrogens is 348 g/mol. The van der Waals surface area contributed by atoms with Crippen LogP contribution < -0.4 is 4.90 Å². The molecule has 2 heterocycles. The van der Waals surface area contributed by atoms with Crippen molar-refractivity contribution >= 4 is 11.7 Å². The third-order valence-electron chi connectivity index (χ3n) is 5.36. The Balaban J connectivity index is 1.87. The van der Waals surface area contributed by atoms with Gasteiger partial charge in [-0.1, -0.05) is 57.5 Å². The van der Waals surface area contributed by atoms with Crippen LogP contribution >= 0.6 is 0 Å². The molecule has 0 radical (unpaired) electrons. The van der Waals surface area contributed by atoms with E-state index in [4.69, 9.17) is 9.97 Å². The number of benzene rings is 1. The summed E-state index contributed by atoms with van der Waals surface area (Å²) in [4.78, 5) is 26.6. The van der Waals surface area contributed by atoms with Gasteiger partial charge in [-0.2, -0.15) is 0 Å². The number of nitrogens with zero attached hydrogens (tertiary/aromatic N) is 4. The third-order valence-corrected chi connectivity index (χ3v) is 5.36. The van der Waals surface area contributed by atoms with E-state index in [-0.39, 0.29) is 11.3 Å². The van der Waals surface area contributed by atoms with Crippen LogP contribution in [0.5, 0.6) is 0 Å². The highest BCUT2D eigenvalue weighted by Gasteiger charge is 2.30. The number of amides is 1. The van der Waals surface area contributed by atoms with E-state index >= 15 is 0 Å². The fourth-order valence-corrected chi connectivity index (χ4v) is 3.68. The van der Waals surface area contributed by atoms with E-state index in [9.17, 15) is 4.79 Å². The lowest BCUT2D eigenvalue weighted by Crippen LogP contribution is -2.52. The highest BCUT2D eigenvalue weighted by molar-refractivity contribution is 5.81. The molecule has 1 aliphatic rings. The summed E-state index contributed by atoms with van der Waals surface area (Å²) in [7, 11) is 0. The Hall–Kier alpha value is -2.43. The van der Waals surface area contributed by atoms with E-state index < -0.39 is 0 Å². The first kappa shape index (κ1) is 20.3. The topological polar surface area (TPSA) is 49.3 Å². The molecule has 1 fully saturated rings. The van der Waals surface area contributed by atoms with Crippen LogP contribution in [0.2, 0.25) is 0 Å². The molecule has 0 aliphatic carbocycles. The van der Waals surface area contributed by atoms with E-state index in [2.05, 4.69) is 49.9 Å². The average molecular weight is 381 g/mol. The van der Waals surface area contributed by atoms with E-state index in [0.29, 0.717) is 0 Å². The van der Waals surface area contributed by atoms with Crippen molar-refractivity contribution in [1.29, 1.82) is 0 Å². The Labute approximate surface area is 168 Å². The Morgan fingerprint density at radius 3 is 2.14 bits per heavy atom. The molecule has 0 unspecified atom stereocenters. The minimum atomic E-state index is -0.332. The predicted molar refractivity (Wildman–Crippen MR) is 115 cm³/mol. The van der Waals surface area contributed by atoms with Crippen molar-refractivity contribution in [2.75, 3.05) is 31.1 Å². The second kappa shape index (κ2) is 7.90. The SMILES string of the molecule is CCc1c(C)nc(-c2ccc(C)cc2)nc1N1CCN(C(=O)C(C)(C)C)CC1. The minimum absolute atomic E-state index is 0.224. The Bertz CT molecular complexity index is 844. The number of hydrogen-bond donors (Lipinski definition) is 0. The molecule has 5 heteroatoms. The van der Waals surface area contributed by atoms with Crippen molar-refractivity contribution in [1.82, 2.24) is 14.9 Å². The van der Waals surface area contributed by atoms with Gasteiger partial charge in [-0.25, -0.2) is 9.97 Å². The molecule has 1 amide bonds. The van der Waals surface area contributed by atoms with Gasteiger partial charge in [0.1, 0.15) is 5.82 Å². The van der Waals surface area contributed by atoms with Gasteiger partial charge in [0.05, 0.1) is 0 Å². The first-order chi connectivity index (χ1) is 13.2. The molecule has 0 N–H and O–H groups in total. The van der Waals surface area contributed by atoms with Crippen molar-refractivity contribution in [3.8, 4) is 11.4 Å². The first-order valence-electron chi connectivity index (χ1n) is 10.2. The molecule has 1 aromatic carbocycles. The van der Waals surface area contributed by atoms with Gasteiger partial charge >= 0.3 is 0 Å². The summed E-state index contributed by atoms with van der Waals surface area (Å²) >= 11 is 0. The summed E-state index contributed by atoms with van der Waals surface area (Å²) in [5.41, 5.74) is 4.17. The lowest BCUT2D eigenvalue weighted by molar-refractivity contribution is -0.139. The molecule has 0 atom stereocenters. The Morgan fingerprint density at radius 1 is 1.00 bits per heavy atom. The van der Waals surface area contributed by atoms with Gasteiger partial charge in [0.2, 0.25) is 5.91 Å². The lowest BCUT2D eigenvalue weighted by atomic mass is 9.94. The van der Waals surface area contributed by atoms with Crippen LogP contribution in [0.1, 0.15) is 44.5 Å². The monoisotopic (exact) mass is 380 g/mol. The zero-order valence-electron chi connectivity index (χ0n) is 18.0. The summed E-state index contributed by atoms with van der Waals surface area (Å²) in [6, 6.07) is 8.36. The van der Waals surface area contributed by atoms with Crippen LogP contribution in [-0.2, 0) is 11.2 Å². The molecule has 1 saturated heterocycles. The van der Waals surface area contributed by atoms with Gasteiger partial charge < -0.3 is 9.80 Å². The van der Waals surface area contributed by atoms with E-state index in [0.717, 1.165) is 55.5 Å². The molecule has 1 aromatic heterocycles. The van der Waals surface area contributed by atoms with Crippen LogP contribution in [0, 0.1) is 19.3 Å². The lowest BCUT2D eigenvalue weighted by Gasteiger charge is -2.39. The predicted octanol–water partition coefficient (Wildman–Crippen LogP) is 4.02. The maximum absolute atomic E-state index is 12.6. The highest BCUT2D eigenvalue weighted by Crippen LogP contribution is 2.27. The van der Waals surface area contributed by atoms with Crippen molar-refractivity contribution in [2.45, 2.75) is 48.0 Å². The Kier molecular flexibility index (Phi) is 5.73. The number of rotatable bonds is 3. The molecule has 0 spiro atoms. The van der Waals surface area contributed by atoms with Gasteiger partial charge in [0, 0.05) is 48.4 Å². The number of anilines is 1. The highest BCUT2D eigenvalue weighted by atomic mass is 16.2. The van der Waals surface area contributed by atoms with Gasteiger partial charge in [0.25, 0.3) is 0 Å². The maximum Gasteiger partial charge on any atom is 0.228 e. The van der Waals surface area contributed by atoms with Crippen molar-refractivity contribution in [2.24, 2.45) is 5.41 Å². The molecule has 28 heavy (non-hydrogen) atoms. The van der Waals surface area contributed by atoms with Crippen molar-refractivity contribution in [3.63, 3.8) is 0 Å². The van der Waals surface area contributed by atoms with Crippen LogP contribution in [-0.4, -0.2) is 47.0 Å². The zero-order chi connectivity index (χ0) is 20.5. The molecular formula is C23H32N4O. The number of piperazine rings is 1. The fraction of sp³-hybridized carbons (Fsp3) is 0.522. The van der Waals surface area contributed by atoms with Crippen molar-refractivity contribution < 1.29 is 4.79 Å². The normalized spacial score (nSPS) is 15.1. The zero-order valence-corrected chi connectivity index (χ0v) is 18.0. The summed E-state index contributed by atoms with van der Waals surface area (Å²) < 4.78 is 0. The quantitative estimate of drug-likeness (QED) is 0.807. The van der Waals surface area contributed by atoms with Crippen LogP contribution in [0.4, 0.5) is 5.82 Å².